The molecule has 0 amide bonds. The van der Waals surface area contributed by atoms with Crippen LogP contribution in [-0.2, 0) is 14.8 Å². The second kappa shape index (κ2) is 11.6. The Morgan fingerprint density at radius 2 is 1.56 bits per heavy atom. The van der Waals surface area contributed by atoms with Gasteiger partial charge in [0.1, 0.15) is 34.2 Å². The van der Waals surface area contributed by atoms with Crippen molar-refractivity contribution in [2.45, 2.75) is 18.3 Å². The van der Waals surface area contributed by atoms with Gasteiger partial charge in [-0.15, -0.1) is 10.2 Å². The molecule has 3 heterocycles. The van der Waals surface area contributed by atoms with E-state index in [9.17, 15) is 12.8 Å². The van der Waals surface area contributed by atoms with Crippen LogP contribution >= 0.6 is 0 Å². The summed E-state index contributed by atoms with van der Waals surface area (Å²) in [6, 6.07) is 10.1. The number of para-hydroxylation sites is 1. The predicted octanol–water partition coefficient (Wildman–Crippen LogP) is 2.80. The summed E-state index contributed by atoms with van der Waals surface area (Å²) < 4.78 is 66.1. The van der Waals surface area contributed by atoms with Gasteiger partial charge in [-0.05, 0) is 25.1 Å². The van der Waals surface area contributed by atoms with Gasteiger partial charge in [0.15, 0.2) is 17.5 Å². The van der Waals surface area contributed by atoms with Crippen LogP contribution < -0.4 is 18.9 Å². The summed E-state index contributed by atoms with van der Waals surface area (Å²) in [5.74, 6) is 0.326. The van der Waals surface area contributed by atoms with Gasteiger partial charge in [-0.1, -0.05) is 12.1 Å². The van der Waals surface area contributed by atoms with Gasteiger partial charge in [-0.3, -0.25) is 9.29 Å². The third-order valence-corrected chi connectivity index (χ3v) is 7.44. The van der Waals surface area contributed by atoms with Gasteiger partial charge in [0.2, 0.25) is 21.9 Å². The van der Waals surface area contributed by atoms with Crippen molar-refractivity contribution in [3.8, 4) is 34.6 Å². The van der Waals surface area contributed by atoms with Gasteiger partial charge < -0.3 is 18.9 Å². The van der Waals surface area contributed by atoms with E-state index < -0.39 is 27.2 Å². The Bertz CT molecular complexity index is 1530. The first kappa shape index (κ1) is 27.7. The average Bonchev–Trinajstić information content (AvgIpc) is 3.35. The first-order chi connectivity index (χ1) is 18.7. The van der Waals surface area contributed by atoms with Gasteiger partial charge in [0.25, 0.3) is 0 Å². The van der Waals surface area contributed by atoms with Crippen molar-refractivity contribution in [2.75, 3.05) is 33.2 Å². The molecule has 13 nitrogen and oxygen atoms in total. The highest BCUT2D eigenvalue weighted by Gasteiger charge is 2.35. The van der Waals surface area contributed by atoms with Crippen LogP contribution in [0.25, 0.3) is 17.2 Å². The lowest BCUT2D eigenvalue weighted by atomic mass is 10.2. The lowest BCUT2D eigenvalue weighted by Crippen LogP contribution is -2.33. The average molecular weight is 560 g/mol. The fourth-order valence-electron chi connectivity index (χ4n) is 3.79. The summed E-state index contributed by atoms with van der Waals surface area (Å²) in [5, 5.41) is 7.11. The Morgan fingerprint density at radius 1 is 0.923 bits per heavy atom. The maximum absolute atomic E-state index is 13.6. The molecule has 0 aliphatic heterocycles. The van der Waals surface area contributed by atoms with Crippen molar-refractivity contribution in [1.82, 2.24) is 29.7 Å². The second-order valence-corrected chi connectivity index (χ2v) is 10.1. The zero-order valence-corrected chi connectivity index (χ0v) is 22.5. The number of hydrogen-bond acceptors (Lipinski definition) is 11. The number of methoxy groups -OCH3 is 4. The van der Waals surface area contributed by atoms with Crippen molar-refractivity contribution in [2.24, 2.45) is 0 Å². The Balaban J connectivity index is 1.85. The number of pyridine rings is 1. The van der Waals surface area contributed by atoms with Crippen LogP contribution in [0.4, 0.5) is 10.3 Å². The number of nitrogens with zero attached hydrogens (tertiary/aromatic N) is 6. The molecule has 1 N–H and O–H groups in total. The van der Waals surface area contributed by atoms with Gasteiger partial charge in [-0.25, -0.2) is 27.8 Å². The van der Waals surface area contributed by atoms with Crippen molar-refractivity contribution in [3.63, 3.8) is 0 Å². The molecule has 0 aliphatic rings. The molecule has 2 atom stereocenters. The standard InChI is InChI=1S/C24H26FN7O6S/c1-14(21(38-5)22-26-12-15(25)13-27-22)39(33,34)31-24-30-29-23(16-8-6-11-19(28-16)37-4)32(24)20-17(35-2)9-7-10-18(20)36-3/h6-14,21H,1-5H3,(H,30,31). The van der Waals surface area contributed by atoms with E-state index in [0.717, 1.165) is 12.4 Å². The van der Waals surface area contributed by atoms with Crippen molar-refractivity contribution in [3.05, 3.63) is 60.4 Å². The number of hydrogen-bond donors (Lipinski definition) is 1. The molecule has 0 aliphatic carbocycles. The maximum Gasteiger partial charge on any atom is 0.243 e. The number of nitrogens with one attached hydrogen (secondary N) is 1. The summed E-state index contributed by atoms with van der Waals surface area (Å²) in [7, 11) is 1.47. The zero-order chi connectivity index (χ0) is 28.2. The minimum atomic E-state index is -4.23. The SMILES string of the molecule is COc1cccc(-c2nnc(NS(=O)(=O)C(C)C(OC)c3ncc(F)cn3)n2-c2c(OC)cccc2OC)n1. The monoisotopic (exact) mass is 559 g/mol. The Labute approximate surface area is 224 Å². The quantitative estimate of drug-likeness (QED) is 0.289. The fraction of sp³-hybridized carbons (Fsp3) is 0.292. The lowest BCUT2D eigenvalue weighted by molar-refractivity contribution is 0.0948. The molecule has 0 fully saturated rings. The van der Waals surface area contributed by atoms with E-state index in [4.69, 9.17) is 18.9 Å². The number of aromatic nitrogens is 6. The third kappa shape index (κ3) is 5.58. The van der Waals surface area contributed by atoms with E-state index in [0.29, 0.717) is 28.8 Å². The van der Waals surface area contributed by atoms with E-state index in [1.807, 2.05) is 0 Å². The predicted molar refractivity (Wildman–Crippen MR) is 138 cm³/mol. The van der Waals surface area contributed by atoms with Crippen LogP contribution in [0.2, 0.25) is 0 Å². The molecule has 15 heteroatoms. The maximum atomic E-state index is 13.6. The van der Waals surface area contributed by atoms with Gasteiger partial charge in [-0.2, -0.15) is 0 Å². The number of anilines is 1. The van der Waals surface area contributed by atoms with Gasteiger partial charge in [0.05, 0.1) is 33.7 Å². The Morgan fingerprint density at radius 3 is 2.15 bits per heavy atom. The molecule has 0 spiro atoms. The highest BCUT2D eigenvalue weighted by molar-refractivity contribution is 7.93. The summed E-state index contributed by atoms with van der Waals surface area (Å²) >= 11 is 0. The molecule has 4 aromatic rings. The number of halogens is 1. The molecule has 39 heavy (non-hydrogen) atoms. The van der Waals surface area contributed by atoms with Gasteiger partial charge >= 0.3 is 0 Å². The Kier molecular flexibility index (Phi) is 8.21. The molecule has 0 saturated carbocycles. The van der Waals surface area contributed by atoms with E-state index in [-0.39, 0.29) is 17.6 Å². The van der Waals surface area contributed by atoms with Gasteiger partial charge in [0, 0.05) is 13.2 Å². The first-order valence-electron chi connectivity index (χ1n) is 11.4. The molecule has 2 unspecified atom stereocenters. The van der Waals surface area contributed by atoms with E-state index in [2.05, 4.69) is 29.9 Å². The summed E-state index contributed by atoms with van der Waals surface area (Å²) in [6.45, 7) is 1.40. The molecule has 1 aromatic carbocycles. The highest BCUT2D eigenvalue weighted by atomic mass is 32.2. The largest absolute Gasteiger partial charge is 0.494 e. The van der Waals surface area contributed by atoms with Crippen molar-refractivity contribution >= 4 is 16.0 Å². The molecular weight excluding hydrogens is 533 g/mol. The third-order valence-electron chi connectivity index (χ3n) is 5.75. The van der Waals surface area contributed by atoms with E-state index in [1.54, 1.807) is 36.4 Å². The number of sulfonamides is 1. The zero-order valence-electron chi connectivity index (χ0n) is 21.7. The fourth-order valence-corrected chi connectivity index (χ4v) is 4.92. The van der Waals surface area contributed by atoms with E-state index in [1.165, 1.54) is 39.9 Å². The summed E-state index contributed by atoms with van der Waals surface area (Å²) in [4.78, 5) is 12.2. The van der Waals surface area contributed by atoms with Crippen LogP contribution in [0.1, 0.15) is 18.9 Å². The molecular formula is C24H26FN7O6S. The lowest BCUT2D eigenvalue weighted by Gasteiger charge is -2.22. The minimum absolute atomic E-state index is 0.00842. The first-order valence-corrected chi connectivity index (χ1v) is 13.0. The topological polar surface area (TPSA) is 152 Å². The normalized spacial score (nSPS) is 13.0. The Hall–Kier alpha value is -4.37. The second-order valence-electron chi connectivity index (χ2n) is 8.03. The minimum Gasteiger partial charge on any atom is -0.494 e. The van der Waals surface area contributed by atoms with Crippen LogP contribution in [0.15, 0.2) is 48.8 Å². The molecule has 0 radical (unpaired) electrons. The molecule has 3 aromatic heterocycles. The van der Waals surface area contributed by atoms with Crippen LogP contribution in [0.5, 0.6) is 17.4 Å². The smallest absolute Gasteiger partial charge is 0.243 e. The van der Waals surface area contributed by atoms with Crippen molar-refractivity contribution in [1.29, 1.82) is 0 Å². The summed E-state index contributed by atoms with van der Waals surface area (Å²) in [6.07, 6.45) is 0.734. The number of benzene rings is 1. The summed E-state index contributed by atoms with van der Waals surface area (Å²) in [5.41, 5.74) is 0.658. The molecule has 4 rings (SSSR count). The van der Waals surface area contributed by atoms with E-state index >= 15 is 0 Å². The molecule has 206 valence electrons. The van der Waals surface area contributed by atoms with Crippen molar-refractivity contribution < 1.29 is 31.8 Å². The van der Waals surface area contributed by atoms with Crippen LogP contribution in [0.3, 0.4) is 0 Å². The highest BCUT2D eigenvalue weighted by Crippen LogP contribution is 2.38. The number of rotatable bonds is 11. The molecule has 0 saturated heterocycles. The number of ether oxygens (including phenoxy) is 4. The van der Waals surface area contributed by atoms with Crippen LogP contribution in [-0.4, -0.2) is 71.8 Å². The van der Waals surface area contributed by atoms with Crippen LogP contribution in [0, 0.1) is 5.82 Å². The molecule has 0 bridgehead atoms.